The van der Waals surface area contributed by atoms with Crippen molar-refractivity contribution in [2.75, 3.05) is 13.1 Å². The fourth-order valence-corrected chi connectivity index (χ4v) is 6.83. The number of aryl methyl sites for hydroxylation is 1. The summed E-state index contributed by atoms with van der Waals surface area (Å²) in [5.41, 5.74) is 1.74. The van der Waals surface area contributed by atoms with Crippen LogP contribution in [0.4, 0.5) is 0 Å². The van der Waals surface area contributed by atoms with E-state index >= 15 is 0 Å². The van der Waals surface area contributed by atoms with Crippen molar-refractivity contribution in [1.29, 1.82) is 0 Å². The van der Waals surface area contributed by atoms with Crippen molar-refractivity contribution in [1.82, 2.24) is 14.8 Å². The lowest BCUT2D eigenvalue weighted by molar-refractivity contribution is -0.152. The fraction of sp³-hybridized carbons (Fsp3) is 0.609. The van der Waals surface area contributed by atoms with Gasteiger partial charge in [-0.3, -0.25) is 9.59 Å². The van der Waals surface area contributed by atoms with Crippen molar-refractivity contribution in [3.63, 3.8) is 0 Å². The predicted molar refractivity (Wildman–Crippen MR) is 115 cm³/mol. The number of carbonyl (C=O) groups is 2. The van der Waals surface area contributed by atoms with E-state index in [0.29, 0.717) is 36.2 Å². The van der Waals surface area contributed by atoms with Gasteiger partial charge in [0, 0.05) is 37.2 Å². The molecular weight excluding hydrogens is 382 g/mol. The zero-order valence-corrected chi connectivity index (χ0v) is 18.1. The van der Waals surface area contributed by atoms with Crippen molar-refractivity contribution >= 4 is 33.4 Å². The first-order chi connectivity index (χ1) is 14.0. The summed E-state index contributed by atoms with van der Waals surface area (Å²) in [5.74, 6) is 1.31. The molecule has 1 aromatic carbocycles. The van der Waals surface area contributed by atoms with Crippen LogP contribution < -0.4 is 0 Å². The van der Waals surface area contributed by atoms with Gasteiger partial charge in [-0.15, -0.1) is 11.3 Å². The molecule has 2 amide bonds. The molecule has 3 saturated heterocycles. The van der Waals surface area contributed by atoms with E-state index in [-0.39, 0.29) is 5.91 Å². The molecule has 5 nitrogen and oxygen atoms in total. The van der Waals surface area contributed by atoms with Gasteiger partial charge in [0.25, 0.3) is 5.91 Å². The van der Waals surface area contributed by atoms with E-state index in [9.17, 15) is 9.59 Å². The van der Waals surface area contributed by atoms with Crippen LogP contribution in [0.3, 0.4) is 0 Å². The molecule has 0 unspecified atom stereocenters. The minimum Gasteiger partial charge on any atom is -0.338 e. The van der Waals surface area contributed by atoms with Gasteiger partial charge in [0.2, 0.25) is 5.91 Å². The summed E-state index contributed by atoms with van der Waals surface area (Å²) in [7, 11) is 0. The highest BCUT2D eigenvalue weighted by atomic mass is 32.1. The van der Waals surface area contributed by atoms with Crippen LogP contribution in [-0.4, -0.2) is 51.8 Å². The molecule has 0 N–H and O–H groups in total. The van der Waals surface area contributed by atoms with Crippen LogP contribution in [-0.2, 0) is 4.79 Å². The maximum atomic E-state index is 13.4. The Hall–Kier alpha value is -1.95. The molecule has 29 heavy (non-hydrogen) atoms. The van der Waals surface area contributed by atoms with Gasteiger partial charge in [0.05, 0.1) is 15.2 Å². The molecule has 5 rings (SSSR count). The summed E-state index contributed by atoms with van der Waals surface area (Å²) in [6, 6.07) is 6.53. The van der Waals surface area contributed by atoms with E-state index in [1.807, 2.05) is 25.1 Å². The van der Waals surface area contributed by atoms with Gasteiger partial charge >= 0.3 is 0 Å². The Morgan fingerprint density at radius 3 is 2.93 bits per heavy atom. The first-order valence-corrected chi connectivity index (χ1v) is 11.8. The average molecular weight is 412 g/mol. The summed E-state index contributed by atoms with van der Waals surface area (Å²) >= 11 is 1.64. The Labute approximate surface area is 176 Å². The number of likely N-dealkylation sites (tertiary alicyclic amines) is 1. The number of thiazole rings is 1. The molecule has 2 bridgehead atoms. The number of hydrogen-bond donors (Lipinski definition) is 0. The van der Waals surface area contributed by atoms with E-state index in [4.69, 9.17) is 0 Å². The zero-order chi connectivity index (χ0) is 20.1. The molecule has 154 valence electrons. The number of fused-ring (bicyclic) bond motifs is 5. The lowest BCUT2D eigenvalue weighted by Crippen LogP contribution is -2.65. The van der Waals surface area contributed by atoms with Crippen molar-refractivity contribution in [3.05, 3.63) is 28.8 Å². The fourth-order valence-electron chi connectivity index (χ4n) is 5.96. The molecule has 0 radical (unpaired) electrons. The quantitative estimate of drug-likeness (QED) is 0.759. The molecule has 0 spiro atoms. The van der Waals surface area contributed by atoms with E-state index in [1.54, 1.807) is 11.3 Å². The van der Waals surface area contributed by atoms with E-state index in [0.717, 1.165) is 66.0 Å². The summed E-state index contributed by atoms with van der Waals surface area (Å²) in [5, 5.41) is 1.03. The third-order valence-corrected chi connectivity index (χ3v) is 8.04. The maximum Gasteiger partial charge on any atom is 0.253 e. The minimum absolute atomic E-state index is 0.137. The highest BCUT2D eigenvalue weighted by Gasteiger charge is 2.49. The molecule has 3 aliphatic rings. The largest absolute Gasteiger partial charge is 0.338 e. The summed E-state index contributed by atoms with van der Waals surface area (Å²) in [6.45, 7) is 5.76. The minimum atomic E-state index is 0.137. The van der Waals surface area contributed by atoms with Crippen LogP contribution >= 0.6 is 11.3 Å². The van der Waals surface area contributed by atoms with E-state index in [1.165, 1.54) is 0 Å². The number of hydrogen-bond acceptors (Lipinski definition) is 4. The molecule has 3 aliphatic heterocycles. The standard InChI is InChI=1S/C23H29N3O2S/c1-3-5-19-16-10-17(20-6-4-7-22(27)26(19)20)13-25(12-16)23(28)15-8-9-18-21(11-15)29-14(2)24-18/h8-9,11,16-17,19-20H,3-7,10,12-13H2,1-2H3/t16-,17+,19-,20-/m0/s1. The van der Waals surface area contributed by atoms with Crippen LogP contribution in [0.2, 0.25) is 0 Å². The molecule has 6 heteroatoms. The van der Waals surface area contributed by atoms with Gasteiger partial charge < -0.3 is 9.80 Å². The highest BCUT2D eigenvalue weighted by molar-refractivity contribution is 7.18. The van der Waals surface area contributed by atoms with E-state index < -0.39 is 0 Å². The molecule has 2 aromatic rings. The van der Waals surface area contributed by atoms with Gasteiger partial charge in [0.15, 0.2) is 0 Å². The van der Waals surface area contributed by atoms with Gasteiger partial charge in [-0.05, 0) is 62.6 Å². The molecule has 4 heterocycles. The predicted octanol–water partition coefficient (Wildman–Crippen LogP) is 4.25. The summed E-state index contributed by atoms with van der Waals surface area (Å²) in [4.78, 5) is 35.0. The Balaban J connectivity index is 1.42. The second kappa shape index (κ2) is 7.38. The number of benzene rings is 1. The maximum absolute atomic E-state index is 13.4. The van der Waals surface area contributed by atoms with Gasteiger partial charge in [-0.25, -0.2) is 4.98 Å². The lowest BCUT2D eigenvalue weighted by Gasteiger charge is -2.56. The normalized spacial score (nSPS) is 29.2. The molecule has 4 atom stereocenters. The Morgan fingerprint density at radius 1 is 1.28 bits per heavy atom. The van der Waals surface area contributed by atoms with Crippen LogP contribution in [0, 0.1) is 18.8 Å². The van der Waals surface area contributed by atoms with Crippen LogP contribution in [0.1, 0.15) is 60.8 Å². The summed E-state index contributed by atoms with van der Waals surface area (Å²) < 4.78 is 1.08. The first-order valence-electron chi connectivity index (χ1n) is 11.0. The zero-order valence-electron chi connectivity index (χ0n) is 17.3. The Kier molecular flexibility index (Phi) is 4.85. The van der Waals surface area contributed by atoms with Crippen LogP contribution in [0.5, 0.6) is 0 Å². The number of nitrogens with zero attached hydrogens (tertiary/aromatic N) is 3. The van der Waals surface area contributed by atoms with Crippen LogP contribution in [0.15, 0.2) is 18.2 Å². The van der Waals surface area contributed by atoms with Crippen molar-refractivity contribution < 1.29 is 9.59 Å². The summed E-state index contributed by atoms with van der Waals surface area (Å²) in [6.07, 6.45) is 6.08. The van der Waals surface area contributed by atoms with Crippen molar-refractivity contribution in [2.45, 2.75) is 64.5 Å². The number of piperidine rings is 3. The highest BCUT2D eigenvalue weighted by Crippen LogP contribution is 2.43. The van der Waals surface area contributed by atoms with E-state index in [2.05, 4.69) is 21.7 Å². The molecule has 0 aliphatic carbocycles. The molecular formula is C23H29N3O2S. The number of carbonyl (C=O) groups excluding carboxylic acids is 2. The van der Waals surface area contributed by atoms with Crippen molar-refractivity contribution in [3.8, 4) is 0 Å². The molecule has 1 aromatic heterocycles. The first kappa shape index (κ1) is 19.0. The second-order valence-electron chi connectivity index (χ2n) is 9.00. The Morgan fingerprint density at radius 2 is 2.10 bits per heavy atom. The SMILES string of the molecule is CCC[C@H]1[C@H]2C[C@H](CN(C(=O)c3ccc4nc(C)sc4c3)C2)[C@@H]2CCCC(=O)N21. The van der Waals surface area contributed by atoms with Gasteiger partial charge in [-0.1, -0.05) is 13.3 Å². The average Bonchev–Trinajstić information content (AvgIpc) is 3.09. The lowest BCUT2D eigenvalue weighted by atomic mass is 9.71. The third-order valence-electron chi connectivity index (χ3n) is 7.11. The third kappa shape index (κ3) is 3.25. The topological polar surface area (TPSA) is 53.5 Å². The molecule has 0 saturated carbocycles. The van der Waals surface area contributed by atoms with Gasteiger partial charge in [0.1, 0.15) is 0 Å². The molecule has 3 fully saturated rings. The number of amides is 2. The van der Waals surface area contributed by atoms with Crippen LogP contribution in [0.25, 0.3) is 10.2 Å². The monoisotopic (exact) mass is 411 g/mol. The number of rotatable bonds is 3. The van der Waals surface area contributed by atoms with Crippen molar-refractivity contribution in [2.24, 2.45) is 11.8 Å². The number of aromatic nitrogens is 1. The smallest absolute Gasteiger partial charge is 0.253 e. The second-order valence-corrected chi connectivity index (χ2v) is 10.2. The van der Waals surface area contributed by atoms with Gasteiger partial charge in [-0.2, -0.15) is 0 Å². The Bertz CT molecular complexity index is 955.